The summed E-state index contributed by atoms with van der Waals surface area (Å²) >= 11 is 1.64. The van der Waals surface area contributed by atoms with Crippen LogP contribution in [0.5, 0.6) is 0 Å². The highest BCUT2D eigenvalue weighted by Crippen LogP contribution is 2.23. The van der Waals surface area contributed by atoms with Crippen molar-refractivity contribution in [2.24, 2.45) is 0 Å². The molecule has 0 radical (unpaired) electrons. The first-order valence-electron chi connectivity index (χ1n) is 5.78. The molecule has 0 aromatic carbocycles. The number of thiophene rings is 1. The number of rotatable bonds is 3. The summed E-state index contributed by atoms with van der Waals surface area (Å²) in [6, 6.07) is 2.37. The van der Waals surface area contributed by atoms with Gasteiger partial charge in [-0.3, -0.25) is 4.79 Å². The van der Waals surface area contributed by atoms with Crippen LogP contribution in [-0.2, 0) is 4.79 Å². The molecule has 1 fully saturated rings. The quantitative estimate of drug-likeness (QED) is 0.876. The zero-order valence-electron chi connectivity index (χ0n) is 9.77. The van der Waals surface area contributed by atoms with Gasteiger partial charge in [-0.05, 0) is 24.3 Å². The van der Waals surface area contributed by atoms with E-state index < -0.39 is 0 Å². The van der Waals surface area contributed by atoms with Crippen molar-refractivity contribution in [1.29, 1.82) is 0 Å². The van der Waals surface area contributed by atoms with Crippen LogP contribution in [0.4, 0.5) is 5.69 Å². The molecule has 88 valence electrons. The molecule has 16 heavy (non-hydrogen) atoms. The van der Waals surface area contributed by atoms with Crippen LogP contribution in [0.15, 0.2) is 16.8 Å². The second-order valence-corrected chi connectivity index (χ2v) is 5.27. The Morgan fingerprint density at radius 2 is 2.38 bits per heavy atom. The summed E-state index contributed by atoms with van der Waals surface area (Å²) in [6.07, 6.45) is 2.03. The molecule has 1 aromatic heterocycles. The summed E-state index contributed by atoms with van der Waals surface area (Å²) in [6.45, 7) is 5.01. The molecule has 2 heterocycles. The minimum Gasteiger partial charge on any atom is -0.310 e. The zero-order chi connectivity index (χ0) is 11.5. The van der Waals surface area contributed by atoms with Gasteiger partial charge in [0.05, 0.1) is 11.7 Å². The Labute approximate surface area is 100 Å². The lowest BCUT2D eigenvalue weighted by molar-refractivity contribution is -0.121. The Hall–Kier alpha value is -0.870. The Morgan fingerprint density at radius 1 is 1.56 bits per heavy atom. The second kappa shape index (κ2) is 4.97. The van der Waals surface area contributed by atoms with Crippen LogP contribution < -0.4 is 10.2 Å². The van der Waals surface area contributed by atoms with Crippen molar-refractivity contribution < 1.29 is 4.79 Å². The van der Waals surface area contributed by atoms with Crippen LogP contribution in [0.2, 0.25) is 0 Å². The van der Waals surface area contributed by atoms with Crippen molar-refractivity contribution in [2.75, 3.05) is 11.4 Å². The van der Waals surface area contributed by atoms with E-state index in [2.05, 4.69) is 19.2 Å². The standard InChI is InChI=1S/C12H18N2OS/c1-9(2)13-11-4-3-6-14(12(11)15)10-5-7-16-8-10/h5,7-9,11,13H,3-4,6H2,1-2H3. The van der Waals surface area contributed by atoms with Gasteiger partial charge in [0, 0.05) is 18.0 Å². The molecule has 1 aliphatic rings. The van der Waals surface area contributed by atoms with E-state index in [9.17, 15) is 4.79 Å². The molecule has 1 aliphatic heterocycles. The molecule has 0 saturated carbocycles. The molecule has 2 rings (SSSR count). The second-order valence-electron chi connectivity index (χ2n) is 4.49. The Bertz CT molecular complexity index is 348. The fourth-order valence-corrected chi connectivity index (χ4v) is 2.74. The van der Waals surface area contributed by atoms with Gasteiger partial charge < -0.3 is 10.2 Å². The molecule has 1 saturated heterocycles. The molecule has 1 atom stereocenters. The predicted octanol–water partition coefficient (Wildman–Crippen LogP) is 2.24. The van der Waals surface area contributed by atoms with E-state index in [0.717, 1.165) is 25.1 Å². The summed E-state index contributed by atoms with van der Waals surface area (Å²) in [4.78, 5) is 14.1. The number of hydrogen-bond donors (Lipinski definition) is 1. The SMILES string of the molecule is CC(C)NC1CCCN(c2ccsc2)C1=O. The summed E-state index contributed by atoms with van der Waals surface area (Å²) in [5.41, 5.74) is 1.05. The van der Waals surface area contributed by atoms with Gasteiger partial charge in [0.15, 0.2) is 0 Å². The highest BCUT2D eigenvalue weighted by atomic mass is 32.1. The van der Waals surface area contributed by atoms with Crippen LogP contribution in [-0.4, -0.2) is 24.5 Å². The number of hydrogen-bond acceptors (Lipinski definition) is 3. The van der Waals surface area contributed by atoms with E-state index >= 15 is 0 Å². The van der Waals surface area contributed by atoms with E-state index in [1.807, 2.05) is 21.7 Å². The Morgan fingerprint density at radius 3 is 3.00 bits per heavy atom. The molecule has 1 N–H and O–H groups in total. The van der Waals surface area contributed by atoms with Gasteiger partial charge in [0.2, 0.25) is 5.91 Å². The lowest BCUT2D eigenvalue weighted by Crippen LogP contribution is -2.52. The average Bonchev–Trinajstić information content (AvgIpc) is 2.73. The molecule has 1 amide bonds. The van der Waals surface area contributed by atoms with Crippen molar-refractivity contribution in [3.63, 3.8) is 0 Å². The van der Waals surface area contributed by atoms with E-state index in [-0.39, 0.29) is 11.9 Å². The summed E-state index contributed by atoms with van der Waals surface area (Å²) in [5, 5.41) is 7.39. The summed E-state index contributed by atoms with van der Waals surface area (Å²) in [5.74, 6) is 0.221. The molecule has 1 aromatic rings. The number of nitrogens with zero attached hydrogens (tertiary/aromatic N) is 1. The fourth-order valence-electron chi connectivity index (χ4n) is 2.10. The lowest BCUT2D eigenvalue weighted by Gasteiger charge is -2.33. The van der Waals surface area contributed by atoms with E-state index in [4.69, 9.17) is 0 Å². The first-order chi connectivity index (χ1) is 7.68. The molecule has 1 unspecified atom stereocenters. The van der Waals surface area contributed by atoms with E-state index in [1.54, 1.807) is 11.3 Å². The number of nitrogens with one attached hydrogen (secondary N) is 1. The van der Waals surface area contributed by atoms with Gasteiger partial charge in [-0.2, -0.15) is 11.3 Å². The van der Waals surface area contributed by atoms with E-state index in [0.29, 0.717) is 6.04 Å². The van der Waals surface area contributed by atoms with Gasteiger partial charge in [0.1, 0.15) is 0 Å². The molecule has 4 heteroatoms. The lowest BCUT2D eigenvalue weighted by atomic mass is 10.0. The summed E-state index contributed by atoms with van der Waals surface area (Å²) in [7, 11) is 0. The molecule has 0 spiro atoms. The van der Waals surface area contributed by atoms with Crippen LogP contribution >= 0.6 is 11.3 Å². The van der Waals surface area contributed by atoms with Crippen LogP contribution in [0, 0.1) is 0 Å². The van der Waals surface area contributed by atoms with Crippen molar-refractivity contribution >= 4 is 22.9 Å². The molecular formula is C12H18N2OS. The zero-order valence-corrected chi connectivity index (χ0v) is 10.6. The number of amides is 1. The van der Waals surface area contributed by atoms with Crippen LogP contribution in [0.1, 0.15) is 26.7 Å². The van der Waals surface area contributed by atoms with Crippen molar-refractivity contribution in [2.45, 2.75) is 38.8 Å². The maximum Gasteiger partial charge on any atom is 0.244 e. The minimum absolute atomic E-state index is 0.00588. The fraction of sp³-hybridized carbons (Fsp3) is 0.583. The number of carbonyl (C=O) groups excluding carboxylic acids is 1. The van der Waals surface area contributed by atoms with Gasteiger partial charge >= 0.3 is 0 Å². The third-order valence-electron chi connectivity index (χ3n) is 2.79. The average molecular weight is 238 g/mol. The number of piperidine rings is 1. The molecule has 0 aliphatic carbocycles. The van der Waals surface area contributed by atoms with Crippen molar-refractivity contribution in [1.82, 2.24) is 5.32 Å². The van der Waals surface area contributed by atoms with Crippen molar-refractivity contribution in [3.8, 4) is 0 Å². The highest BCUT2D eigenvalue weighted by molar-refractivity contribution is 7.08. The predicted molar refractivity (Wildman–Crippen MR) is 68.0 cm³/mol. The number of anilines is 1. The largest absolute Gasteiger partial charge is 0.310 e. The smallest absolute Gasteiger partial charge is 0.244 e. The topological polar surface area (TPSA) is 32.3 Å². The highest BCUT2D eigenvalue weighted by Gasteiger charge is 2.29. The molecule has 0 bridgehead atoms. The van der Waals surface area contributed by atoms with Crippen LogP contribution in [0.25, 0.3) is 0 Å². The normalized spacial score (nSPS) is 21.8. The van der Waals surface area contributed by atoms with Gasteiger partial charge in [-0.25, -0.2) is 0 Å². The van der Waals surface area contributed by atoms with Gasteiger partial charge in [-0.1, -0.05) is 13.8 Å². The minimum atomic E-state index is -0.00588. The van der Waals surface area contributed by atoms with E-state index in [1.165, 1.54) is 0 Å². The van der Waals surface area contributed by atoms with Gasteiger partial charge in [-0.15, -0.1) is 0 Å². The monoisotopic (exact) mass is 238 g/mol. The Balaban J connectivity index is 2.08. The summed E-state index contributed by atoms with van der Waals surface area (Å²) < 4.78 is 0. The van der Waals surface area contributed by atoms with Crippen molar-refractivity contribution in [3.05, 3.63) is 16.8 Å². The third kappa shape index (κ3) is 2.44. The van der Waals surface area contributed by atoms with Gasteiger partial charge in [0.25, 0.3) is 0 Å². The van der Waals surface area contributed by atoms with Crippen LogP contribution in [0.3, 0.4) is 0 Å². The third-order valence-corrected chi connectivity index (χ3v) is 3.46. The number of carbonyl (C=O) groups is 1. The first-order valence-corrected chi connectivity index (χ1v) is 6.72. The Kier molecular flexibility index (Phi) is 3.61. The maximum atomic E-state index is 12.2. The first kappa shape index (κ1) is 11.6. The molecular weight excluding hydrogens is 220 g/mol. The molecule has 3 nitrogen and oxygen atoms in total. The maximum absolute atomic E-state index is 12.2.